The molecule has 0 aliphatic rings. The van der Waals surface area contributed by atoms with Crippen LogP contribution in [0.1, 0.15) is 0 Å². The molecule has 0 aliphatic heterocycles. The summed E-state index contributed by atoms with van der Waals surface area (Å²) in [4.78, 5) is 0. The molecule has 0 unspecified atom stereocenters. The second-order valence-corrected chi connectivity index (χ2v) is 0. The molecule has 0 saturated heterocycles. The number of nitrogens with one attached hydrogen (secondary N) is 3. The maximum atomic E-state index is 5.75. The summed E-state index contributed by atoms with van der Waals surface area (Å²) in [6.45, 7) is 0. The van der Waals surface area contributed by atoms with Gasteiger partial charge in [-0.05, 0) is 0 Å². The second kappa shape index (κ2) is 148. The van der Waals surface area contributed by atoms with Crippen molar-refractivity contribution in [3.63, 3.8) is 0 Å². The van der Waals surface area contributed by atoms with E-state index in [2.05, 4.69) is 0 Å². The van der Waals surface area contributed by atoms with E-state index in [9.17, 15) is 0 Å². The SMILES string of the molecule is C[NH-].C[NH-].C[NH-].[Li+].[Sr+2]. The van der Waals surface area contributed by atoms with Gasteiger partial charge in [-0.15, -0.1) is 0 Å². The smallest absolute Gasteiger partial charge is 0.680 e. The molecular formula is C3H12LiN3Sr. The number of rotatable bonds is 0. The van der Waals surface area contributed by atoms with Crippen molar-refractivity contribution in [2.75, 3.05) is 21.1 Å². The Morgan fingerprint density at radius 3 is 0.625 bits per heavy atom. The molecular weight excluding hydrogens is 173 g/mol. The summed E-state index contributed by atoms with van der Waals surface area (Å²) in [7, 11) is 3.75. The van der Waals surface area contributed by atoms with E-state index >= 15 is 0 Å². The van der Waals surface area contributed by atoms with Gasteiger partial charge in [0.1, 0.15) is 0 Å². The van der Waals surface area contributed by atoms with Crippen LogP contribution in [0.25, 0.3) is 17.2 Å². The van der Waals surface area contributed by atoms with E-state index in [4.69, 9.17) is 17.2 Å². The van der Waals surface area contributed by atoms with Crippen LogP contribution in [0, 0.1) is 0 Å². The van der Waals surface area contributed by atoms with E-state index in [0.717, 1.165) is 0 Å². The molecule has 0 amide bonds. The molecule has 0 heterocycles. The third-order valence-electron chi connectivity index (χ3n) is 0. The van der Waals surface area contributed by atoms with Gasteiger partial charge < -0.3 is 17.2 Å². The molecule has 0 fully saturated rings. The van der Waals surface area contributed by atoms with Crippen LogP contribution in [0.4, 0.5) is 0 Å². The Labute approximate surface area is 101 Å². The Hall–Kier alpha value is 1.96. The molecule has 0 aromatic rings. The molecule has 42 valence electrons. The van der Waals surface area contributed by atoms with Gasteiger partial charge in [0.05, 0.1) is 0 Å². The predicted molar refractivity (Wildman–Crippen MR) is 36.5 cm³/mol. The normalized spacial score (nSPS) is 2.25. The maximum absolute atomic E-state index is 5.75. The minimum atomic E-state index is 0. The molecule has 0 rings (SSSR count). The first-order valence-corrected chi connectivity index (χ1v) is 1.50. The fourth-order valence-corrected chi connectivity index (χ4v) is 0. The fraction of sp³-hybridized carbons (Fsp3) is 1.00. The second-order valence-electron chi connectivity index (χ2n) is 0. The van der Waals surface area contributed by atoms with Crippen molar-refractivity contribution in [1.29, 1.82) is 0 Å². The third-order valence-corrected chi connectivity index (χ3v) is 0. The molecule has 0 saturated carbocycles. The van der Waals surface area contributed by atoms with E-state index in [1.54, 1.807) is 0 Å². The van der Waals surface area contributed by atoms with E-state index in [1.165, 1.54) is 21.1 Å². The van der Waals surface area contributed by atoms with Crippen molar-refractivity contribution >= 4 is 45.5 Å². The monoisotopic (exact) mass is 185 g/mol. The average molecular weight is 185 g/mol. The van der Waals surface area contributed by atoms with E-state index in [-0.39, 0.29) is 64.3 Å². The predicted octanol–water partition coefficient (Wildman–Crippen LogP) is -1.37. The van der Waals surface area contributed by atoms with Crippen LogP contribution >= 0.6 is 0 Å². The van der Waals surface area contributed by atoms with Crippen molar-refractivity contribution in [2.24, 2.45) is 0 Å². The van der Waals surface area contributed by atoms with Gasteiger partial charge in [-0.2, -0.15) is 21.1 Å². The Morgan fingerprint density at radius 1 is 0.625 bits per heavy atom. The quantitative estimate of drug-likeness (QED) is 0.417. The van der Waals surface area contributed by atoms with Crippen molar-refractivity contribution in [1.82, 2.24) is 0 Å². The molecule has 3 N–H and O–H groups in total. The van der Waals surface area contributed by atoms with Crippen LogP contribution < -0.4 is 18.9 Å². The van der Waals surface area contributed by atoms with E-state index in [1.807, 2.05) is 0 Å². The molecule has 0 aliphatic carbocycles. The molecule has 3 nitrogen and oxygen atoms in total. The molecule has 0 aromatic carbocycles. The summed E-state index contributed by atoms with van der Waals surface area (Å²) >= 11 is 0. The maximum Gasteiger partial charge on any atom is 2.00 e. The van der Waals surface area contributed by atoms with Gasteiger partial charge in [0.25, 0.3) is 0 Å². The van der Waals surface area contributed by atoms with Crippen LogP contribution in [0.3, 0.4) is 0 Å². The topological polar surface area (TPSA) is 71.4 Å². The van der Waals surface area contributed by atoms with Crippen molar-refractivity contribution in [2.45, 2.75) is 0 Å². The Bertz CT molecular complexity index is 14.5. The summed E-state index contributed by atoms with van der Waals surface area (Å²) in [6.07, 6.45) is 0. The minimum absolute atomic E-state index is 0. The molecule has 0 aromatic heterocycles. The van der Waals surface area contributed by atoms with Crippen LogP contribution in [-0.4, -0.2) is 66.6 Å². The van der Waals surface area contributed by atoms with Crippen LogP contribution in [0.5, 0.6) is 0 Å². The first-order chi connectivity index (χ1) is 3.00. The van der Waals surface area contributed by atoms with Gasteiger partial charge in [0.2, 0.25) is 0 Å². The van der Waals surface area contributed by atoms with Gasteiger partial charge in [-0.25, -0.2) is 0 Å². The third kappa shape index (κ3) is 101. The fourth-order valence-electron chi connectivity index (χ4n) is 0. The first kappa shape index (κ1) is 32.5. The largest absolute Gasteiger partial charge is 2.00 e. The summed E-state index contributed by atoms with van der Waals surface area (Å²) in [5.41, 5.74) is 17.2. The van der Waals surface area contributed by atoms with Crippen molar-refractivity contribution < 1.29 is 18.9 Å². The van der Waals surface area contributed by atoms with Gasteiger partial charge in [-0.3, -0.25) is 0 Å². The van der Waals surface area contributed by atoms with Crippen molar-refractivity contribution in [3.8, 4) is 0 Å². The zero-order valence-electron chi connectivity index (χ0n) is 6.21. The Balaban J connectivity index is -0.00000000500. The first-order valence-electron chi connectivity index (χ1n) is 1.50. The molecule has 0 bridgehead atoms. The molecule has 0 spiro atoms. The van der Waals surface area contributed by atoms with E-state index < -0.39 is 0 Å². The molecule has 5 heteroatoms. The van der Waals surface area contributed by atoms with Gasteiger partial charge in [-0.1, -0.05) is 0 Å². The summed E-state index contributed by atoms with van der Waals surface area (Å²) < 4.78 is 0. The molecule has 0 atom stereocenters. The zero-order valence-corrected chi connectivity index (χ0v) is 9.68. The number of hydrogen-bond acceptors (Lipinski definition) is 0. The molecule has 0 radical (unpaired) electrons. The minimum Gasteiger partial charge on any atom is -0.680 e. The Kier molecular flexibility index (Phi) is 601. The van der Waals surface area contributed by atoms with Gasteiger partial charge >= 0.3 is 64.3 Å². The summed E-state index contributed by atoms with van der Waals surface area (Å²) in [5, 5.41) is 0. The summed E-state index contributed by atoms with van der Waals surface area (Å²) in [6, 6.07) is 0. The number of hydrogen-bond donors (Lipinski definition) is 0. The van der Waals surface area contributed by atoms with Crippen molar-refractivity contribution in [3.05, 3.63) is 17.2 Å². The van der Waals surface area contributed by atoms with Crippen LogP contribution in [0.15, 0.2) is 0 Å². The zero-order chi connectivity index (χ0) is 6.00. The molecule has 8 heavy (non-hydrogen) atoms. The summed E-state index contributed by atoms with van der Waals surface area (Å²) in [5.74, 6) is 0. The Morgan fingerprint density at radius 2 is 0.625 bits per heavy atom. The van der Waals surface area contributed by atoms with Gasteiger partial charge in [0.15, 0.2) is 0 Å². The average Bonchev–Trinajstić information content (AvgIpc) is 1.81. The van der Waals surface area contributed by atoms with Gasteiger partial charge in [0, 0.05) is 0 Å². The van der Waals surface area contributed by atoms with Crippen LogP contribution in [0.2, 0.25) is 0 Å². The van der Waals surface area contributed by atoms with Crippen LogP contribution in [-0.2, 0) is 0 Å². The van der Waals surface area contributed by atoms with E-state index in [0.29, 0.717) is 0 Å². The standard InChI is InChI=1S/3CH4N.Li.Sr/c3*1-2;;/h3*2H,1H3;;/q3*-1;+1;+2.